The van der Waals surface area contributed by atoms with E-state index in [4.69, 9.17) is 11.0 Å². The normalized spacial score (nSPS) is 14.6. The van der Waals surface area contributed by atoms with Crippen LogP contribution in [0.2, 0.25) is 0 Å². The minimum atomic E-state index is -0.458. The number of fused-ring (bicyclic) bond motifs is 1. The molecule has 0 spiro atoms. The summed E-state index contributed by atoms with van der Waals surface area (Å²) in [6.45, 7) is 1.31. The first-order valence-corrected chi connectivity index (χ1v) is 10.3. The third-order valence-electron chi connectivity index (χ3n) is 5.83. The van der Waals surface area contributed by atoms with Crippen LogP contribution >= 0.6 is 0 Å². The van der Waals surface area contributed by atoms with E-state index in [1.807, 2.05) is 4.90 Å². The highest BCUT2D eigenvalue weighted by Crippen LogP contribution is 2.29. The van der Waals surface area contributed by atoms with Crippen LogP contribution in [0.1, 0.15) is 48.4 Å². The zero-order valence-electron chi connectivity index (χ0n) is 17.0. The molecular formula is C22H23FN6O2. The molecule has 0 radical (unpaired) electrons. The molecule has 1 aliphatic heterocycles. The summed E-state index contributed by atoms with van der Waals surface area (Å²) in [5.41, 5.74) is 7.65. The maximum atomic E-state index is 13.3. The van der Waals surface area contributed by atoms with Crippen molar-refractivity contribution in [1.29, 1.82) is 5.26 Å². The Morgan fingerprint density at radius 1 is 1.32 bits per heavy atom. The number of carbonyl (C=O) groups excluding carboxylic acids is 1. The number of aromatic nitrogens is 3. The van der Waals surface area contributed by atoms with Crippen molar-refractivity contribution in [3.63, 3.8) is 0 Å². The Morgan fingerprint density at radius 3 is 2.84 bits per heavy atom. The fraction of sp³-hybridized carbons (Fsp3) is 0.364. The summed E-state index contributed by atoms with van der Waals surface area (Å²) in [5, 5.41) is 9.13. The van der Waals surface area contributed by atoms with Gasteiger partial charge in [-0.2, -0.15) is 5.26 Å². The Labute approximate surface area is 178 Å². The van der Waals surface area contributed by atoms with Gasteiger partial charge in [-0.15, -0.1) is 0 Å². The van der Waals surface area contributed by atoms with Crippen molar-refractivity contribution in [3.8, 4) is 6.07 Å². The zero-order chi connectivity index (χ0) is 22.0. The number of carbonyl (C=O) groups is 1. The number of nitrogens with one attached hydrogen (secondary N) is 1. The van der Waals surface area contributed by atoms with E-state index in [2.05, 4.69) is 16.0 Å². The number of amides is 1. The summed E-state index contributed by atoms with van der Waals surface area (Å²) in [5.74, 6) is 0.117. The maximum Gasteiger partial charge on any atom is 0.272 e. The fourth-order valence-electron chi connectivity index (χ4n) is 4.13. The Morgan fingerprint density at radius 2 is 2.10 bits per heavy atom. The van der Waals surface area contributed by atoms with E-state index < -0.39 is 5.82 Å². The number of nitrogens with two attached hydrogens (primary N) is 1. The number of H-pyrrole nitrogens is 1. The minimum absolute atomic E-state index is 0.0852. The molecule has 8 nitrogen and oxygen atoms in total. The van der Waals surface area contributed by atoms with E-state index in [1.165, 1.54) is 16.7 Å². The molecule has 1 fully saturated rings. The van der Waals surface area contributed by atoms with Crippen molar-refractivity contribution < 1.29 is 9.18 Å². The maximum absolute atomic E-state index is 13.3. The van der Waals surface area contributed by atoms with Gasteiger partial charge in [0.05, 0.1) is 5.56 Å². The number of likely N-dealkylation sites (tertiary alicyclic amines) is 1. The van der Waals surface area contributed by atoms with Crippen LogP contribution in [0, 0.1) is 17.1 Å². The van der Waals surface area contributed by atoms with Gasteiger partial charge in [0, 0.05) is 49.9 Å². The SMILES string of the molecule is N#Cc1cc(C2CCN(C(=O)CCCc3cn4cc(F)cc4c(=O)[nH]3)CC2)cnc1N. The fourth-order valence-corrected chi connectivity index (χ4v) is 4.13. The first kappa shape index (κ1) is 20.6. The average Bonchev–Trinajstić information content (AvgIpc) is 3.15. The van der Waals surface area contributed by atoms with Gasteiger partial charge >= 0.3 is 0 Å². The predicted molar refractivity (Wildman–Crippen MR) is 113 cm³/mol. The third kappa shape index (κ3) is 4.43. The monoisotopic (exact) mass is 422 g/mol. The molecule has 0 aliphatic carbocycles. The van der Waals surface area contributed by atoms with Gasteiger partial charge in [0.1, 0.15) is 23.2 Å². The number of anilines is 1. The van der Waals surface area contributed by atoms with E-state index in [0.29, 0.717) is 43.6 Å². The second kappa shape index (κ2) is 8.60. The molecule has 0 saturated carbocycles. The quantitative estimate of drug-likeness (QED) is 0.654. The molecule has 3 N–H and O–H groups in total. The van der Waals surface area contributed by atoms with Crippen LogP contribution in [0.5, 0.6) is 0 Å². The first-order chi connectivity index (χ1) is 14.9. The molecule has 160 valence electrons. The summed E-state index contributed by atoms with van der Waals surface area (Å²) in [6.07, 6.45) is 7.79. The van der Waals surface area contributed by atoms with Crippen molar-refractivity contribution in [3.05, 3.63) is 63.7 Å². The second-order valence-corrected chi connectivity index (χ2v) is 7.88. The Hall–Kier alpha value is -3.67. The minimum Gasteiger partial charge on any atom is -0.383 e. The smallest absolute Gasteiger partial charge is 0.272 e. The number of piperidine rings is 1. The van der Waals surface area contributed by atoms with Gasteiger partial charge in [-0.3, -0.25) is 9.59 Å². The lowest BCUT2D eigenvalue weighted by atomic mass is 9.89. The van der Waals surface area contributed by atoms with Gasteiger partial charge in [0.2, 0.25) is 5.91 Å². The Kier molecular flexibility index (Phi) is 5.71. The molecule has 0 atom stereocenters. The molecule has 4 rings (SSSR count). The van der Waals surface area contributed by atoms with E-state index >= 15 is 0 Å². The molecule has 1 amide bonds. The molecule has 4 heterocycles. The van der Waals surface area contributed by atoms with Crippen LogP contribution < -0.4 is 11.3 Å². The molecule has 0 bridgehead atoms. The third-order valence-corrected chi connectivity index (χ3v) is 5.83. The summed E-state index contributed by atoms with van der Waals surface area (Å²) < 4.78 is 14.8. The highest BCUT2D eigenvalue weighted by Gasteiger charge is 2.24. The van der Waals surface area contributed by atoms with E-state index in [9.17, 15) is 14.0 Å². The van der Waals surface area contributed by atoms with Gasteiger partial charge in [0.25, 0.3) is 5.56 Å². The van der Waals surface area contributed by atoms with Crippen molar-refractivity contribution >= 4 is 17.2 Å². The lowest BCUT2D eigenvalue weighted by Gasteiger charge is -2.32. The average molecular weight is 422 g/mol. The predicted octanol–water partition coefficient (Wildman–Crippen LogP) is 2.34. The molecule has 0 aromatic carbocycles. The largest absolute Gasteiger partial charge is 0.383 e. The Bertz CT molecular complexity index is 1220. The molecular weight excluding hydrogens is 399 g/mol. The van der Waals surface area contributed by atoms with Gasteiger partial charge < -0.3 is 20.0 Å². The standard InChI is InChI=1S/C22H23FN6O2/c23-17-9-19-22(31)27-18(13-29(19)12-17)2-1-3-20(30)28-6-4-14(5-7-28)16-8-15(10-24)21(25)26-11-16/h8-9,11-14H,1-7H2,(H2,25,26)(H,27,31). The zero-order valence-corrected chi connectivity index (χ0v) is 17.0. The van der Waals surface area contributed by atoms with Crippen LogP contribution in [0.15, 0.2) is 35.5 Å². The molecule has 3 aromatic rings. The topological polar surface area (TPSA) is 120 Å². The first-order valence-electron chi connectivity index (χ1n) is 10.3. The van der Waals surface area contributed by atoms with Crippen LogP contribution in [0.25, 0.3) is 5.52 Å². The number of nitrogens with zero attached hydrogens (tertiary/aromatic N) is 4. The van der Waals surface area contributed by atoms with E-state index in [0.717, 1.165) is 18.4 Å². The van der Waals surface area contributed by atoms with Gasteiger partial charge in [0.15, 0.2) is 0 Å². The molecule has 31 heavy (non-hydrogen) atoms. The summed E-state index contributed by atoms with van der Waals surface area (Å²) >= 11 is 0. The van der Waals surface area contributed by atoms with Crippen molar-refractivity contribution in [2.45, 2.75) is 38.0 Å². The summed E-state index contributed by atoms with van der Waals surface area (Å²) in [4.78, 5) is 33.3. The number of nitriles is 1. The molecule has 9 heteroatoms. The number of pyridine rings is 1. The molecule has 1 aliphatic rings. The van der Waals surface area contributed by atoms with Gasteiger partial charge in [-0.05, 0) is 43.2 Å². The highest BCUT2D eigenvalue weighted by atomic mass is 19.1. The number of hydrogen-bond acceptors (Lipinski definition) is 5. The van der Waals surface area contributed by atoms with Crippen LogP contribution in [-0.4, -0.2) is 38.3 Å². The van der Waals surface area contributed by atoms with Gasteiger partial charge in [-0.1, -0.05) is 0 Å². The number of aromatic amines is 1. The van der Waals surface area contributed by atoms with Crippen molar-refractivity contribution in [1.82, 2.24) is 19.3 Å². The number of aryl methyl sites for hydroxylation is 1. The van der Waals surface area contributed by atoms with Crippen LogP contribution in [0.3, 0.4) is 0 Å². The number of nitrogen functional groups attached to an aromatic ring is 1. The molecule has 1 saturated heterocycles. The van der Waals surface area contributed by atoms with E-state index in [1.54, 1.807) is 18.5 Å². The number of hydrogen-bond donors (Lipinski definition) is 2. The van der Waals surface area contributed by atoms with Crippen molar-refractivity contribution in [2.75, 3.05) is 18.8 Å². The van der Waals surface area contributed by atoms with Crippen LogP contribution in [0.4, 0.5) is 10.2 Å². The van der Waals surface area contributed by atoms with E-state index in [-0.39, 0.29) is 28.7 Å². The number of halogens is 1. The Balaban J connectivity index is 1.29. The molecule has 0 unspecified atom stereocenters. The van der Waals surface area contributed by atoms with Crippen LogP contribution in [-0.2, 0) is 11.2 Å². The lowest BCUT2D eigenvalue weighted by Crippen LogP contribution is -2.37. The summed E-state index contributed by atoms with van der Waals surface area (Å²) in [6, 6.07) is 5.04. The lowest BCUT2D eigenvalue weighted by molar-refractivity contribution is -0.132. The molecule has 3 aromatic heterocycles. The van der Waals surface area contributed by atoms with Gasteiger partial charge in [-0.25, -0.2) is 9.37 Å². The summed E-state index contributed by atoms with van der Waals surface area (Å²) in [7, 11) is 0. The number of rotatable bonds is 5. The highest BCUT2D eigenvalue weighted by molar-refractivity contribution is 5.76. The van der Waals surface area contributed by atoms with Crippen molar-refractivity contribution in [2.24, 2.45) is 0 Å². The second-order valence-electron chi connectivity index (χ2n) is 7.88.